The minimum atomic E-state index is -0.550. The van der Waals surface area contributed by atoms with Crippen LogP contribution in [0, 0.1) is 105 Å². The molecule has 2 aliphatic heterocycles. The first-order valence-electron chi connectivity index (χ1n) is 41.6. The van der Waals surface area contributed by atoms with Crippen LogP contribution in [0.2, 0.25) is 0 Å². The number of aromatic amines is 2. The van der Waals surface area contributed by atoms with Gasteiger partial charge in [-0.15, -0.1) is 0 Å². The second-order valence-electron chi connectivity index (χ2n) is 36.7. The first-order chi connectivity index (χ1) is 53.0. The van der Waals surface area contributed by atoms with E-state index in [0.717, 1.165) is 157 Å². The highest BCUT2D eigenvalue weighted by Gasteiger charge is 2.66. The number of aromatic nitrogens is 4. The van der Waals surface area contributed by atoms with Crippen molar-refractivity contribution in [2.24, 2.45) is 105 Å². The number of ketones is 2. The first kappa shape index (κ1) is 72.9. The molecular weight excluding hydrogens is 1370 g/mol. The van der Waals surface area contributed by atoms with Crippen LogP contribution in [-0.2, 0) is 14.3 Å². The molecule has 22 atom stereocenters. The van der Waals surface area contributed by atoms with Crippen molar-refractivity contribution in [1.82, 2.24) is 19.9 Å². The van der Waals surface area contributed by atoms with Crippen molar-refractivity contribution in [3.63, 3.8) is 0 Å². The molecule has 572 valence electrons. The molecule has 3 aromatic heterocycles. The molecule has 0 amide bonds. The average Bonchev–Trinajstić information content (AvgIpc) is 1.48. The van der Waals surface area contributed by atoms with Gasteiger partial charge in [0, 0.05) is 57.2 Å². The van der Waals surface area contributed by atoms with Gasteiger partial charge in [-0.05, 0) is 323 Å². The van der Waals surface area contributed by atoms with Crippen molar-refractivity contribution in [1.29, 1.82) is 0 Å². The number of allylic oxidation sites excluding steroid dienone is 4. The van der Waals surface area contributed by atoms with Crippen LogP contribution >= 0.6 is 0 Å². The van der Waals surface area contributed by atoms with Gasteiger partial charge in [-0.3, -0.25) is 19.2 Å². The van der Waals surface area contributed by atoms with E-state index >= 15 is 0 Å². The van der Waals surface area contributed by atoms with E-state index in [0.29, 0.717) is 101 Å². The largest absolute Gasteiger partial charge is 0.459 e. The topological polar surface area (TPSA) is 231 Å². The average molecular weight is 1480 g/mol. The molecule has 0 saturated heterocycles. The van der Waals surface area contributed by atoms with Gasteiger partial charge in [-0.25, -0.2) is 14.8 Å². The summed E-state index contributed by atoms with van der Waals surface area (Å²) in [6.45, 7) is 14.2. The van der Waals surface area contributed by atoms with Crippen molar-refractivity contribution in [2.75, 3.05) is 0 Å². The van der Waals surface area contributed by atoms with Gasteiger partial charge < -0.3 is 39.5 Å². The van der Waals surface area contributed by atoms with E-state index in [4.69, 9.17) is 24.2 Å². The van der Waals surface area contributed by atoms with E-state index in [-0.39, 0.29) is 87.7 Å². The molecule has 110 heavy (non-hydrogen) atoms. The van der Waals surface area contributed by atoms with E-state index in [2.05, 4.69) is 63.6 Å². The van der Waals surface area contributed by atoms with Crippen molar-refractivity contribution in [2.45, 2.75) is 194 Å². The fourth-order valence-electron chi connectivity index (χ4n) is 25.7. The summed E-state index contributed by atoms with van der Waals surface area (Å²) < 4.78 is 18.4. The fraction of sp³-hybridized carbons (Fsp3) is 0.505. The summed E-state index contributed by atoms with van der Waals surface area (Å²) in [5, 5.41) is 35.2. The zero-order valence-corrected chi connectivity index (χ0v) is 64.5. The Morgan fingerprint density at radius 2 is 0.991 bits per heavy atom. The molecule has 15 nitrogen and oxygen atoms in total. The third-order valence-corrected chi connectivity index (χ3v) is 31.5. The zero-order chi connectivity index (χ0) is 75.9. The van der Waals surface area contributed by atoms with E-state index < -0.39 is 23.9 Å². The smallest absolute Gasteiger partial charge is 0.338 e. The normalized spacial score (nSPS) is 34.8. The van der Waals surface area contributed by atoms with Crippen LogP contribution in [0.1, 0.15) is 224 Å². The summed E-state index contributed by atoms with van der Waals surface area (Å²) >= 11 is 0. The lowest BCUT2D eigenvalue weighted by Gasteiger charge is -2.62. The third-order valence-electron chi connectivity index (χ3n) is 31.5. The van der Waals surface area contributed by atoms with Gasteiger partial charge in [0.05, 0.1) is 58.5 Å². The molecular formula is C95H106N4O11. The van der Waals surface area contributed by atoms with E-state index in [1.807, 2.05) is 97.1 Å². The molecule has 5 N–H and O–H groups in total. The van der Waals surface area contributed by atoms with Crippen molar-refractivity contribution in [3.8, 4) is 33.8 Å². The van der Waals surface area contributed by atoms with Gasteiger partial charge in [0.2, 0.25) is 0 Å². The quantitative estimate of drug-likeness (QED) is 0.0504. The van der Waals surface area contributed by atoms with Gasteiger partial charge in [0.1, 0.15) is 17.6 Å². The van der Waals surface area contributed by atoms with E-state index in [9.17, 15) is 39.3 Å². The SMILES string of the molecule is C[C@H](CCC(=O)Oc1ccc(-c2c3nc(cc4ccc([nH]4)c(-c4ccc(OC(=O)CC[C@@H](C)[C@H]5CC[C@H]6[C@@H]7CC[C@@H]8C[C@H](OC(=O)c9ccc%10c(c9)C(=O)C9C=CC=CC9C%10=O)CC[C@]8(C)[C@H]7C[C@H](O)[C@]56C)cc4)c4nc(cc5ccc2[nH]5)C=C4)C=C3)cc1)[C@H]1CC[C@H]2[C@@H]3CC[C@@H]4C[C@H](O)CC[C@]4(C)[C@H]3C[C@H](O)[C@]12C. The number of aliphatic hydroxyl groups is 3. The number of H-pyrrole nitrogens is 2. The summed E-state index contributed by atoms with van der Waals surface area (Å²) in [6.07, 6.45) is 31.7. The molecule has 3 aromatic carbocycles. The standard InChI is InChI=1S/C95H106N4O11/c1-52(73-31-33-75-70-29-18-57-46-63(100)41-43-92(57,3)77(70)50-83(101)94(73,75)5)11-39-85(103)108-64-24-13-54(14-25-64)87-79-35-20-59(96-79)48-61-22-37-81(98-61)88(82-38-23-62(99-82)49-60-21-36-80(87)97-60)55-15-26-65(27-16-55)109-86(104)40-12-53(2)74-32-34-76-71-30-19-58-47-66(42-44-93(58,4)78(71)51-84(102)95(74,76)6)110-91(107)56-17-28-69-72(45-56)90(106)68-10-8-7-9-67(68)89(69)105/h7-10,13-17,20-28,35-38,45,48-49,52-53,57-58,63,66-68,70-71,73-78,83-84,96,99-102H,11-12,18-19,29-34,39-44,46-47,50-51H2,1-6H3/t52-,53-,57-,58-,63-,66-,67?,68?,70+,71+,73-,74-,75+,76+,77+,78+,83+,84+,92+,93+,94-,95-/m1/s1. The van der Waals surface area contributed by atoms with Crippen LogP contribution in [-0.4, -0.2) is 89.1 Å². The summed E-state index contributed by atoms with van der Waals surface area (Å²) in [7, 11) is 0. The number of Topliss-reactive ketones (excluding diaryl/α,β-unsaturated/α-hetero) is 2. The highest BCUT2D eigenvalue weighted by Crippen LogP contribution is 2.71. The van der Waals surface area contributed by atoms with Crippen LogP contribution in [0.4, 0.5) is 0 Å². The molecule has 18 rings (SSSR count). The number of esters is 3. The van der Waals surface area contributed by atoms with Crippen molar-refractivity contribution in [3.05, 3.63) is 167 Å². The molecule has 8 saturated carbocycles. The summed E-state index contributed by atoms with van der Waals surface area (Å²) in [6, 6.07) is 32.5. The Hall–Kier alpha value is -8.63. The Bertz CT molecular complexity index is 4980. The second-order valence-corrected chi connectivity index (χ2v) is 36.7. The predicted molar refractivity (Wildman–Crippen MR) is 427 cm³/mol. The van der Waals surface area contributed by atoms with Crippen LogP contribution in [0.5, 0.6) is 11.5 Å². The maximum Gasteiger partial charge on any atom is 0.338 e. The van der Waals surface area contributed by atoms with Crippen LogP contribution < -0.4 is 9.47 Å². The highest BCUT2D eigenvalue weighted by molar-refractivity contribution is 6.18. The molecule has 0 spiro atoms. The highest BCUT2D eigenvalue weighted by atomic mass is 16.5. The minimum absolute atomic E-state index is 0.0113. The Kier molecular flexibility index (Phi) is 18.7. The molecule has 5 heterocycles. The second kappa shape index (κ2) is 28.2. The number of nitrogens with one attached hydrogen (secondary N) is 2. The van der Waals surface area contributed by atoms with Gasteiger partial charge >= 0.3 is 17.9 Å². The maximum absolute atomic E-state index is 13.8. The van der Waals surface area contributed by atoms with Crippen LogP contribution in [0.15, 0.2) is 127 Å². The molecule has 12 aliphatic rings. The van der Waals surface area contributed by atoms with Gasteiger partial charge in [-0.1, -0.05) is 90.1 Å². The Balaban J connectivity index is 0.498. The third kappa shape index (κ3) is 12.5. The molecule has 0 radical (unpaired) electrons. The molecule has 15 heteroatoms. The minimum Gasteiger partial charge on any atom is -0.459 e. The van der Waals surface area contributed by atoms with E-state index in [1.54, 1.807) is 42.5 Å². The first-order valence-corrected chi connectivity index (χ1v) is 41.6. The van der Waals surface area contributed by atoms with Gasteiger partial charge in [0.15, 0.2) is 11.6 Å². The molecule has 8 fully saturated rings. The van der Waals surface area contributed by atoms with Crippen molar-refractivity contribution < 1.29 is 53.5 Å². The summed E-state index contributed by atoms with van der Waals surface area (Å²) in [4.78, 5) is 85.9. The number of nitrogens with zero attached hydrogens (tertiary/aromatic N) is 2. The zero-order valence-electron chi connectivity index (χ0n) is 64.5. The number of rotatable bonds is 14. The lowest BCUT2D eigenvalue weighted by Crippen LogP contribution is -2.59. The van der Waals surface area contributed by atoms with Gasteiger partial charge in [-0.2, -0.15) is 0 Å². The Labute approximate surface area is 645 Å². The molecule has 2 unspecified atom stereocenters. The number of benzene rings is 3. The number of fused-ring (bicyclic) bond motifs is 20. The van der Waals surface area contributed by atoms with Gasteiger partial charge in [0.25, 0.3) is 0 Å². The lowest BCUT2D eigenvalue weighted by atomic mass is 9.43. The Morgan fingerprint density at radius 1 is 0.509 bits per heavy atom. The molecule has 8 bridgehead atoms. The van der Waals surface area contributed by atoms with E-state index in [1.165, 1.54) is 12.8 Å². The predicted octanol–water partition coefficient (Wildman–Crippen LogP) is 19.2. The number of ether oxygens (including phenoxy) is 3. The summed E-state index contributed by atoms with van der Waals surface area (Å²) in [5.74, 6) is 3.52. The summed E-state index contributed by atoms with van der Waals surface area (Å²) in [5.41, 5.74) is 10.9. The monoisotopic (exact) mass is 1480 g/mol. The maximum atomic E-state index is 13.8. The molecule has 10 aliphatic carbocycles. The number of hydrogen-bond donors (Lipinski definition) is 5. The molecule has 6 aromatic rings. The van der Waals surface area contributed by atoms with Crippen molar-refractivity contribution >= 4 is 75.8 Å². The number of aliphatic hydroxyl groups excluding tert-OH is 3. The number of hydrogen-bond acceptors (Lipinski definition) is 13. The Morgan fingerprint density at radius 3 is 1.50 bits per heavy atom. The number of carbonyl (C=O) groups is 5. The van der Waals surface area contributed by atoms with Crippen LogP contribution in [0.3, 0.4) is 0 Å². The lowest BCUT2D eigenvalue weighted by molar-refractivity contribution is -0.175. The fourth-order valence-corrected chi connectivity index (χ4v) is 25.7. The van der Waals surface area contributed by atoms with Crippen LogP contribution in [0.25, 0.3) is 68.6 Å². The number of carbonyl (C=O) groups excluding carboxylic acids is 5.